The summed E-state index contributed by atoms with van der Waals surface area (Å²) in [5.74, 6) is 0.210. The van der Waals surface area contributed by atoms with Gasteiger partial charge in [0.05, 0.1) is 11.6 Å². The van der Waals surface area contributed by atoms with Crippen LogP contribution in [-0.4, -0.2) is 47.0 Å². The van der Waals surface area contributed by atoms with E-state index in [9.17, 15) is 9.18 Å². The molecule has 0 radical (unpaired) electrons. The number of halogens is 1. The molecule has 0 saturated carbocycles. The van der Waals surface area contributed by atoms with Crippen LogP contribution in [-0.2, 0) is 15.1 Å². The number of anilines is 1. The molecule has 2 N–H and O–H groups in total. The van der Waals surface area contributed by atoms with Crippen LogP contribution in [0.25, 0.3) is 22.2 Å². The monoisotopic (exact) mass is 395 g/mol. The number of piperidine rings is 1. The minimum Gasteiger partial charge on any atom is -0.364 e. The number of carbonyl (C=O) groups is 1. The summed E-state index contributed by atoms with van der Waals surface area (Å²) in [6.07, 6.45) is 1.29. The summed E-state index contributed by atoms with van der Waals surface area (Å²) in [7, 11) is 1.50. The number of ether oxygens (including phenoxy) is 1. The van der Waals surface area contributed by atoms with E-state index >= 15 is 0 Å². The van der Waals surface area contributed by atoms with Gasteiger partial charge in [-0.1, -0.05) is 18.2 Å². The third-order valence-electron chi connectivity index (χ3n) is 6.06. The highest BCUT2D eigenvalue weighted by Crippen LogP contribution is 2.44. The van der Waals surface area contributed by atoms with Gasteiger partial charge in [0.25, 0.3) is 5.91 Å². The van der Waals surface area contributed by atoms with Gasteiger partial charge in [0.1, 0.15) is 17.7 Å². The van der Waals surface area contributed by atoms with E-state index in [4.69, 9.17) is 9.84 Å². The van der Waals surface area contributed by atoms with Crippen molar-refractivity contribution in [3.05, 3.63) is 42.1 Å². The molecule has 2 aromatic heterocycles. The van der Waals surface area contributed by atoms with Gasteiger partial charge >= 0.3 is 0 Å². The normalized spacial score (nSPS) is 26.5. The van der Waals surface area contributed by atoms with Crippen LogP contribution in [0.5, 0.6) is 0 Å². The SMILES string of the molecule is CO[C@@]1(C)C(=O)Nc2nccc(-c3nn([C@@H]4CCNC[C@@H]4F)c4ccccc34)c21. The van der Waals surface area contributed by atoms with E-state index in [1.165, 1.54) is 7.11 Å². The topological polar surface area (TPSA) is 81.1 Å². The van der Waals surface area contributed by atoms with Crippen LogP contribution in [0.2, 0.25) is 0 Å². The number of fused-ring (bicyclic) bond motifs is 2. The molecule has 0 bridgehead atoms. The highest BCUT2D eigenvalue weighted by molar-refractivity contribution is 6.07. The Bertz CT molecular complexity index is 1110. The molecule has 29 heavy (non-hydrogen) atoms. The number of rotatable bonds is 3. The Morgan fingerprint density at radius 3 is 2.93 bits per heavy atom. The standard InChI is InChI=1S/C21H22FN5O2/c1-21(29-2)17-13(7-10-24-19(17)25-20(21)28)18-12-5-3-4-6-15(12)27(26-18)16-8-9-23-11-14(16)22/h3-7,10,14,16,23H,8-9,11H2,1-2H3,(H,24,25,28)/t14-,16+,21+/m0/s1. The van der Waals surface area contributed by atoms with E-state index < -0.39 is 11.8 Å². The number of para-hydroxylation sites is 1. The van der Waals surface area contributed by atoms with E-state index in [0.717, 1.165) is 23.0 Å². The lowest BCUT2D eigenvalue weighted by atomic mass is 9.92. The number of hydrogen-bond acceptors (Lipinski definition) is 5. The predicted octanol–water partition coefficient (Wildman–Crippen LogP) is 2.78. The van der Waals surface area contributed by atoms with Gasteiger partial charge in [-0.2, -0.15) is 5.10 Å². The fraction of sp³-hybridized carbons (Fsp3) is 0.381. The van der Waals surface area contributed by atoms with Gasteiger partial charge in [0, 0.05) is 36.4 Å². The molecule has 3 aromatic rings. The number of amides is 1. The second-order valence-corrected chi connectivity index (χ2v) is 7.66. The molecular formula is C21H22FN5O2. The zero-order valence-corrected chi connectivity index (χ0v) is 16.3. The molecule has 1 fully saturated rings. The second-order valence-electron chi connectivity index (χ2n) is 7.66. The Hall–Kier alpha value is -2.84. The zero-order chi connectivity index (χ0) is 20.2. The van der Waals surface area contributed by atoms with Crippen molar-refractivity contribution >= 4 is 22.6 Å². The van der Waals surface area contributed by atoms with Crippen molar-refractivity contribution in [1.29, 1.82) is 0 Å². The Morgan fingerprint density at radius 1 is 1.31 bits per heavy atom. The largest absolute Gasteiger partial charge is 0.364 e. The van der Waals surface area contributed by atoms with Crippen molar-refractivity contribution in [1.82, 2.24) is 20.1 Å². The first kappa shape index (κ1) is 18.2. The Labute approximate surface area is 167 Å². The summed E-state index contributed by atoms with van der Waals surface area (Å²) in [6, 6.07) is 9.31. The van der Waals surface area contributed by atoms with Gasteiger partial charge in [-0.15, -0.1) is 0 Å². The molecule has 0 unspecified atom stereocenters. The Morgan fingerprint density at radius 2 is 2.14 bits per heavy atom. The molecular weight excluding hydrogens is 373 g/mol. The number of nitrogens with zero attached hydrogens (tertiary/aromatic N) is 3. The number of pyridine rings is 1. The molecule has 1 saturated heterocycles. The first-order chi connectivity index (χ1) is 14.0. The number of aromatic nitrogens is 3. The minimum atomic E-state index is -1.17. The molecule has 8 heteroatoms. The molecule has 0 aliphatic carbocycles. The smallest absolute Gasteiger partial charge is 0.262 e. The third-order valence-corrected chi connectivity index (χ3v) is 6.06. The summed E-state index contributed by atoms with van der Waals surface area (Å²) < 4.78 is 22.1. The fourth-order valence-corrected chi connectivity index (χ4v) is 4.40. The summed E-state index contributed by atoms with van der Waals surface area (Å²) >= 11 is 0. The van der Waals surface area contributed by atoms with E-state index in [0.29, 0.717) is 30.0 Å². The zero-order valence-electron chi connectivity index (χ0n) is 16.3. The Kier molecular flexibility index (Phi) is 4.15. The van der Waals surface area contributed by atoms with Crippen molar-refractivity contribution < 1.29 is 13.9 Å². The van der Waals surface area contributed by atoms with Gasteiger partial charge in [0.15, 0.2) is 5.60 Å². The molecule has 1 amide bonds. The Balaban J connectivity index is 1.75. The lowest BCUT2D eigenvalue weighted by molar-refractivity contribution is -0.135. The number of hydrogen-bond donors (Lipinski definition) is 2. The minimum absolute atomic E-state index is 0.263. The van der Waals surface area contributed by atoms with Crippen molar-refractivity contribution in [3.8, 4) is 11.3 Å². The van der Waals surface area contributed by atoms with E-state index in [2.05, 4.69) is 15.6 Å². The van der Waals surface area contributed by atoms with Crippen LogP contribution < -0.4 is 10.6 Å². The summed E-state index contributed by atoms with van der Waals surface area (Å²) in [5.41, 5.74) is 1.83. The van der Waals surface area contributed by atoms with Crippen molar-refractivity contribution in [2.45, 2.75) is 31.2 Å². The maximum atomic E-state index is 14.7. The van der Waals surface area contributed by atoms with Gasteiger partial charge in [0.2, 0.25) is 0 Å². The second kappa shape index (κ2) is 6.60. The number of nitrogens with one attached hydrogen (secondary N) is 2. The molecule has 7 nitrogen and oxygen atoms in total. The highest BCUT2D eigenvalue weighted by Gasteiger charge is 2.46. The maximum absolute atomic E-state index is 14.7. The van der Waals surface area contributed by atoms with Crippen LogP contribution in [0.1, 0.15) is 24.9 Å². The number of benzene rings is 1. The number of alkyl halides is 1. The first-order valence-electron chi connectivity index (χ1n) is 9.73. The van der Waals surface area contributed by atoms with E-state index in [-0.39, 0.29) is 11.9 Å². The fourth-order valence-electron chi connectivity index (χ4n) is 4.40. The highest BCUT2D eigenvalue weighted by atomic mass is 19.1. The van der Waals surface area contributed by atoms with Crippen LogP contribution in [0.3, 0.4) is 0 Å². The van der Waals surface area contributed by atoms with Crippen molar-refractivity contribution in [2.24, 2.45) is 0 Å². The third kappa shape index (κ3) is 2.59. The maximum Gasteiger partial charge on any atom is 0.262 e. The molecule has 3 atom stereocenters. The first-order valence-corrected chi connectivity index (χ1v) is 9.73. The average Bonchev–Trinajstić information content (AvgIpc) is 3.24. The van der Waals surface area contributed by atoms with Gasteiger partial charge < -0.3 is 15.4 Å². The van der Waals surface area contributed by atoms with Gasteiger partial charge in [-0.05, 0) is 32.0 Å². The number of carbonyl (C=O) groups excluding carboxylic acids is 1. The van der Waals surface area contributed by atoms with E-state index in [1.807, 2.05) is 30.3 Å². The lowest BCUT2D eigenvalue weighted by Gasteiger charge is -2.27. The van der Waals surface area contributed by atoms with E-state index in [1.54, 1.807) is 17.8 Å². The molecule has 1 aromatic carbocycles. The molecule has 5 rings (SSSR count). The molecule has 2 aliphatic rings. The van der Waals surface area contributed by atoms with Gasteiger partial charge in [-0.3, -0.25) is 9.48 Å². The lowest BCUT2D eigenvalue weighted by Crippen LogP contribution is -2.39. The molecule has 0 spiro atoms. The summed E-state index contributed by atoms with van der Waals surface area (Å²) in [6.45, 7) is 2.79. The summed E-state index contributed by atoms with van der Waals surface area (Å²) in [5, 5.41) is 11.7. The van der Waals surface area contributed by atoms with Crippen molar-refractivity contribution in [2.75, 3.05) is 25.5 Å². The molecule has 4 heterocycles. The molecule has 2 aliphatic heterocycles. The molecule has 150 valence electrons. The quantitative estimate of drug-likeness (QED) is 0.713. The predicted molar refractivity (Wildman–Crippen MR) is 107 cm³/mol. The van der Waals surface area contributed by atoms with Gasteiger partial charge in [-0.25, -0.2) is 9.37 Å². The number of methoxy groups -OCH3 is 1. The summed E-state index contributed by atoms with van der Waals surface area (Å²) in [4.78, 5) is 16.9. The van der Waals surface area contributed by atoms with Crippen molar-refractivity contribution in [3.63, 3.8) is 0 Å². The van der Waals surface area contributed by atoms with Crippen LogP contribution in [0.15, 0.2) is 36.5 Å². The average molecular weight is 395 g/mol. The van der Waals surface area contributed by atoms with Crippen LogP contribution in [0.4, 0.5) is 10.2 Å². The van der Waals surface area contributed by atoms with Crippen LogP contribution in [0, 0.1) is 0 Å². The van der Waals surface area contributed by atoms with Crippen LogP contribution >= 0.6 is 0 Å².